The van der Waals surface area contributed by atoms with Gasteiger partial charge in [0.15, 0.2) is 4.96 Å². The molecule has 0 aliphatic carbocycles. The summed E-state index contributed by atoms with van der Waals surface area (Å²) in [5, 5.41) is 1.72. The molecular weight excluding hydrogens is 320 g/mol. The molecule has 9 heteroatoms. The molecule has 0 atom stereocenters. The molecule has 0 radical (unpaired) electrons. The van der Waals surface area contributed by atoms with Crippen LogP contribution in [0.5, 0.6) is 0 Å². The second-order valence-electron chi connectivity index (χ2n) is 5.62. The average molecular weight is 334 g/mol. The summed E-state index contributed by atoms with van der Waals surface area (Å²) in [6.07, 6.45) is 1.60. The molecule has 2 aromatic rings. The van der Waals surface area contributed by atoms with Gasteiger partial charge in [0.05, 0.1) is 12.2 Å². The maximum Gasteiger partial charge on any atom is 0.334 e. The number of amides is 4. The first-order valence-corrected chi connectivity index (χ1v) is 7.89. The second-order valence-corrected chi connectivity index (χ2v) is 6.50. The zero-order valence-electron chi connectivity index (χ0n) is 12.6. The van der Waals surface area contributed by atoms with Crippen molar-refractivity contribution in [3.8, 4) is 0 Å². The summed E-state index contributed by atoms with van der Waals surface area (Å²) < 4.78 is 1.37. The van der Waals surface area contributed by atoms with E-state index in [1.54, 1.807) is 11.6 Å². The minimum atomic E-state index is -0.885. The van der Waals surface area contributed by atoms with Crippen LogP contribution in [0.2, 0.25) is 0 Å². The first-order valence-electron chi connectivity index (χ1n) is 7.01. The van der Waals surface area contributed by atoms with E-state index in [1.807, 2.05) is 13.8 Å². The molecule has 120 valence electrons. The van der Waals surface area contributed by atoms with Gasteiger partial charge in [0, 0.05) is 24.2 Å². The molecule has 2 aromatic heterocycles. The van der Waals surface area contributed by atoms with E-state index in [4.69, 9.17) is 0 Å². The molecular formula is C14H14N4O4S. The highest BCUT2D eigenvalue weighted by Gasteiger charge is 2.44. The normalized spacial score (nSPS) is 15.5. The topological polar surface area (TPSA) is 92.1 Å². The molecule has 0 N–H and O–H groups in total. The molecule has 3 rings (SSSR count). The van der Waals surface area contributed by atoms with Gasteiger partial charge in [-0.1, -0.05) is 13.8 Å². The summed E-state index contributed by atoms with van der Waals surface area (Å²) in [5.74, 6) is -1.66. The summed E-state index contributed by atoms with van der Waals surface area (Å²) in [7, 11) is 0. The lowest BCUT2D eigenvalue weighted by molar-refractivity contribution is -0.143. The Morgan fingerprint density at radius 3 is 2.52 bits per heavy atom. The first kappa shape index (κ1) is 15.3. The van der Waals surface area contributed by atoms with Crippen molar-refractivity contribution in [2.24, 2.45) is 5.92 Å². The Kier molecular flexibility index (Phi) is 3.72. The Labute approximate surface area is 134 Å². The van der Waals surface area contributed by atoms with Crippen molar-refractivity contribution < 1.29 is 14.4 Å². The smallest absolute Gasteiger partial charge is 0.269 e. The number of hydrogen-bond acceptors (Lipinski definition) is 6. The summed E-state index contributed by atoms with van der Waals surface area (Å²) >= 11 is 1.27. The van der Waals surface area contributed by atoms with E-state index in [2.05, 4.69) is 4.98 Å². The third kappa shape index (κ3) is 2.63. The van der Waals surface area contributed by atoms with Crippen LogP contribution >= 0.6 is 11.3 Å². The van der Waals surface area contributed by atoms with E-state index < -0.39 is 17.8 Å². The Hall–Kier alpha value is -2.55. The molecule has 0 spiro atoms. The monoisotopic (exact) mass is 334 g/mol. The van der Waals surface area contributed by atoms with E-state index in [0.29, 0.717) is 4.96 Å². The molecule has 1 fully saturated rings. The molecule has 0 bridgehead atoms. The highest BCUT2D eigenvalue weighted by Crippen LogP contribution is 2.17. The predicted octanol–water partition coefficient (Wildman–Crippen LogP) is 0.703. The molecule has 4 amide bonds. The average Bonchev–Trinajstić information content (AvgIpc) is 3.03. The van der Waals surface area contributed by atoms with E-state index in [0.717, 1.165) is 9.80 Å². The van der Waals surface area contributed by atoms with Crippen LogP contribution in [0, 0.1) is 5.92 Å². The fraction of sp³-hybridized carbons (Fsp3) is 0.357. The van der Waals surface area contributed by atoms with Crippen LogP contribution in [-0.4, -0.2) is 43.6 Å². The van der Waals surface area contributed by atoms with Crippen molar-refractivity contribution in [1.82, 2.24) is 19.2 Å². The number of nitrogens with zero attached hydrogens (tertiary/aromatic N) is 4. The lowest BCUT2D eigenvalue weighted by Gasteiger charge is -2.16. The molecule has 3 heterocycles. The molecule has 8 nitrogen and oxygen atoms in total. The standard InChI is InChI=1S/C14H14N4O4S/c1-8(2)6-17-11(20)12(21)18(14(17)22)7-9-5-10(19)16-3-4-23-13(16)15-9/h3-5,8H,6-7H2,1-2H3. The number of fused-ring (bicyclic) bond motifs is 1. The lowest BCUT2D eigenvalue weighted by Crippen LogP contribution is -2.35. The van der Waals surface area contributed by atoms with Gasteiger partial charge in [0.2, 0.25) is 0 Å². The summed E-state index contributed by atoms with van der Waals surface area (Å²) in [5.41, 5.74) is -0.0194. The second kappa shape index (κ2) is 5.58. The van der Waals surface area contributed by atoms with Crippen molar-refractivity contribution >= 4 is 34.1 Å². The third-order valence-corrected chi connectivity index (χ3v) is 4.12. The Morgan fingerprint density at radius 1 is 1.13 bits per heavy atom. The van der Waals surface area contributed by atoms with Crippen LogP contribution in [-0.2, 0) is 16.1 Å². The van der Waals surface area contributed by atoms with Gasteiger partial charge < -0.3 is 0 Å². The molecule has 23 heavy (non-hydrogen) atoms. The maximum absolute atomic E-state index is 12.3. The Morgan fingerprint density at radius 2 is 1.83 bits per heavy atom. The van der Waals surface area contributed by atoms with Crippen molar-refractivity contribution in [1.29, 1.82) is 0 Å². The van der Waals surface area contributed by atoms with Gasteiger partial charge in [0.1, 0.15) is 0 Å². The number of rotatable bonds is 4. The highest BCUT2D eigenvalue weighted by atomic mass is 32.1. The highest BCUT2D eigenvalue weighted by molar-refractivity contribution is 7.15. The number of carbonyl (C=O) groups is 3. The van der Waals surface area contributed by atoms with Crippen LogP contribution in [0.3, 0.4) is 0 Å². The van der Waals surface area contributed by atoms with Gasteiger partial charge in [-0.15, -0.1) is 11.3 Å². The van der Waals surface area contributed by atoms with E-state index in [9.17, 15) is 19.2 Å². The number of thiazole rings is 1. The molecule has 1 aliphatic heterocycles. The van der Waals surface area contributed by atoms with Crippen molar-refractivity contribution in [2.45, 2.75) is 20.4 Å². The van der Waals surface area contributed by atoms with Gasteiger partial charge >= 0.3 is 17.8 Å². The Bertz CT molecular complexity index is 869. The number of imide groups is 2. The molecule has 0 aromatic carbocycles. The number of urea groups is 1. The van der Waals surface area contributed by atoms with Crippen LogP contribution in [0.15, 0.2) is 22.4 Å². The van der Waals surface area contributed by atoms with Crippen LogP contribution in [0.1, 0.15) is 19.5 Å². The number of aromatic nitrogens is 2. The van der Waals surface area contributed by atoms with Gasteiger partial charge in [-0.05, 0) is 5.92 Å². The molecule has 0 unspecified atom stereocenters. The number of carbonyl (C=O) groups excluding carboxylic acids is 3. The zero-order chi connectivity index (χ0) is 16.7. The predicted molar refractivity (Wildman–Crippen MR) is 81.8 cm³/mol. The van der Waals surface area contributed by atoms with Crippen molar-refractivity contribution in [2.75, 3.05) is 6.54 Å². The van der Waals surface area contributed by atoms with Crippen LogP contribution < -0.4 is 5.56 Å². The summed E-state index contributed by atoms with van der Waals surface area (Å²) in [6.45, 7) is 3.68. The van der Waals surface area contributed by atoms with Gasteiger partial charge in [-0.25, -0.2) is 14.7 Å². The SMILES string of the molecule is CC(C)CN1C(=O)C(=O)N(Cc2cc(=O)n3ccsc3n2)C1=O. The van der Waals surface area contributed by atoms with Crippen LogP contribution in [0.25, 0.3) is 4.96 Å². The maximum atomic E-state index is 12.3. The molecule has 0 saturated carbocycles. The minimum absolute atomic E-state index is 0.0564. The third-order valence-electron chi connectivity index (χ3n) is 3.36. The van der Waals surface area contributed by atoms with E-state index >= 15 is 0 Å². The van der Waals surface area contributed by atoms with E-state index in [1.165, 1.54) is 21.8 Å². The van der Waals surface area contributed by atoms with Crippen molar-refractivity contribution in [3.05, 3.63) is 33.7 Å². The fourth-order valence-electron chi connectivity index (χ4n) is 2.35. The quantitative estimate of drug-likeness (QED) is 0.606. The van der Waals surface area contributed by atoms with Gasteiger partial charge in [-0.3, -0.25) is 23.7 Å². The fourth-order valence-corrected chi connectivity index (χ4v) is 3.09. The van der Waals surface area contributed by atoms with Crippen molar-refractivity contribution in [3.63, 3.8) is 0 Å². The van der Waals surface area contributed by atoms with E-state index in [-0.39, 0.29) is 30.3 Å². The lowest BCUT2D eigenvalue weighted by atomic mass is 10.2. The summed E-state index contributed by atoms with van der Waals surface area (Å²) in [6, 6.07) is 0.595. The minimum Gasteiger partial charge on any atom is -0.269 e. The first-order chi connectivity index (χ1) is 10.9. The zero-order valence-corrected chi connectivity index (χ0v) is 13.4. The van der Waals surface area contributed by atoms with Crippen LogP contribution in [0.4, 0.5) is 4.79 Å². The molecule has 1 aliphatic rings. The molecule has 1 saturated heterocycles. The summed E-state index contributed by atoms with van der Waals surface area (Å²) in [4.78, 5) is 54.6. The van der Waals surface area contributed by atoms with Gasteiger partial charge in [0.25, 0.3) is 5.56 Å². The van der Waals surface area contributed by atoms with Gasteiger partial charge in [-0.2, -0.15) is 0 Å². The number of hydrogen-bond donors (Lipinski definition) is 0. The Balaban J connectivity index is 1.89. The largest absolute Gasteiger partial charge is 0.334 e.